The molecule has 88 valence electrons. The molecule has 1 heterocycles. The van der Waals surface area contributed by atoms with Gasteiger partial charge in [0.05, 0.1) is 16.2 Å². The van der Waals surface area contributed by atoms with Gasteiger partial charge in [0.1, 0.15) is 11.9 Å². The summed E-state index contributed by atoms with van der Waals surface area (Å²) in [5.41, 5.74) is -0.0413. The molecule has 0 fully saturated rings. The van der Waals surface area contributed by atoms with Crippen LogP contribution in [-0.4, -0.2) is 9.91 Å². The minimum absolute atomic E-state index is 0.0543. The van der Waals surface area contributed by atoms with Crippen LogP contribution in [0.3, 0.4) is 0 Å². The maximum Gasteiger partial charge on any atom is 0.270 e. The zero-order valence-electron chi connectivity index (χ0n) is 9.00. The minimum atomic E-state index is -0.657. The molecular formula is C12H6FN3O2. The lowest BCUT2D eigenvalue weighted by molar-refractivity contribution is -0.384. The molecule has 1 aromatic carbocycles. The number of nitrogens with zero attached hydrogens (tertiary/aromatic N) is 3. The zero-order chi connectivity index (χ0) is 13.1. The maximum absolute atomic E-state index is 13.7. The molecule has 18 heavy (non-hydrogen) atoms. The van der Waals surface area contributed by atoms with E-state index in [1.54, 1.807) is 0 Å². The first-order chi connectivity index (χ1) is 8.63. The van der Waals surface area contributed by atoms with Crippen LogP contribution in [0.25, 0.3) is 11.3 Å². The summed E-state index contributed by atoms with van der Waals surface area (Å²) in [6, 6.07) is 8.00. The molecule has 0 saturated heterocycles. The molecule has 0 spiro atoms. The molecule has 2 aromatic rings. The van der Waals surface area contributed by atoms with Crippen LogP contribution in [0.15, 0.2) is 36.5 Å². The number of nitriles is 1. The van der Waals surface area contributed by atoms with E-state index in [1.165, 1.54) is 18.3 Å². The fourth-order valence-corrected chi connectivity index (χ4v) is 1.52. The van der Waals surface area contributed by atoms with E-state index in [0.717, 1.165) is 18.2 Å². The highest BCUT2D eigenvalue weighted by molar-refractivity contribution is 5.69. The van der Waals surface area contributed by atoms with E-state index in [9.17, 15) is 14.5 Å². The maximum atomic E-state index is 13.7. The van der Waals surface area contributed by atoms with Gasteiger partial charge in [-0.05, 0) is 18.2 Å². The molecule has 0 bridgehead atoms. The monoisotopic (exact) mass is 243 g/mol. The molecule has 0 saturated carbocycles. The SMILES string of the molecule is N#Cc1cccnc1-c1cc([N+](=O)[O-])ccc1F. The molecule has 2 rings (SSSR count). The van der Waals surface area contributed by atoms with Crippen LogP contribution in [0.4, 0.5) is 10.1 Å². The number of hydrogen-bond acceptors (Lipinski definition) is 4. The van der Waals surface area contributed by atoms with Gasteiger partial charge in [-0.15, -0.1) is 0 Å². The molecule has 0 aliphatic rings. The Labute approximate surface area is 101 Å². The number of hydrogen-bond donors (Lipinski definition) is 0. The Morgan fingerprint density at radius 3 is 2.83 bits per heavy atom. The first kappa shape index (κ1) is 11.7. The van der Waals surface area contributed by atoms with Crippen molar-refractivity contribution >= 4 is 5.69 Å². The third kappa shape index (κ3) is 2.01. The summed E-state index contributed by atoms with van der Waals surface area (Å²) < 4.78 is 13.7. The van der Waals surface area contributed by atoms with Gasteiger partial charge in [0.2, 0.25) is 0 Å². The van der Waals surface area contributed by atoms with Crippen LogP contribution in [-0.2, 0) is 0 Å². The predicted octanol–water partition coefficient (Wildman–Crippen LogP) is 2.67. The van der Waals surface area contributed by atoms with Gasteiger partial charge in [-0.3, -0.25) is 15.1 Å². The second-order valence-corrected chi connectivity index (χ2v) is 3.43. The lowest BCUT2D eigenvalue weighted by Crippen LogP contribution is -1.94. The molecule has 0 atom stereocenters. The molecule has 0 radical (unpaired) electrons. The number of rotatable bonds is 2. The van der Waals surface area contributed by atoms with Crippen molar-refractivity contribution in [2.75, 3.05) is 0 Å². The average Bonchev–Trinajstić information content (AvgIpc) is 2.39. The smallest absolute Gasteiger partial charge is 0.258 e. The van der Waals surface area contributed by atoms with Crippen molar-refractivity contribution in [2.45, 2.75) is 0 Å². The fraction of sp³-hybridized carbons (Fsp3) is 0. The second kappa shape index (κ2) is 4.59. The van der Waals surface area contributed by atoms with E-state index in [1.807, 2.05) is 6.07 Å². The van der Waals surface area contributed by atoms with Crippen molar-refractivity contribution in [3.63, 3.8) is 0 Å². The second-order valence-electron chi connectivity index (χ2n) is 3.43. The van der Waals surface area contributed by atoms with E-state index >= 15 is 0 Å². The summed E-state index contributed by atoms with van der Waals surface area (Å²) in [7, 11) is 0. The van der Waals surface area contributed by atoms with Crippen LogP contribution < -0.4 is 0 Å². The Morgan fingerprint density at radius 1 is 1.39 bits per heavy atom. The Morgan fingerprint density at radius 2 is 2.17 bits per heavy atom. The number of halogens is 1. The summed E-state index contributed by atoms with van der Waals surface area (Å²) >= 11 is 0. The first-order valence-electron chi connectivity index (χ1n) is 4.93. The van der Waals surface area contributed by atoms with Crippen molar-refractivity contribution in [2.24, 2.45) is 0 Å². The summed E-state index contributed by atoms with van der Waals surface area (Å²) in [4.78, 5) is 13.9. The van der Waals surface area contributed by atoms with E-state index in [0.29, 0.717) is 0 Å². The van der Waals surface area contributed by atoms with Gasteiger partial charge in [0.15, 0.2) is 0 Å². The molecule has 0 amide bonds. The lowest BCUT2D eigenvalue weighted by atomic mass is 10.1. The Kier molecular flexibility index (Phi) is 2.98. The molecule has 5 nitrogen and oxygen atoms in total. The summed E-state index contributed by atoms with van der Waals surface area (Å²) in [6.07, 6.45) is 1.40. The zero-order valence-corrected chi connectivity index (χ0v) is 9.00. The number of nitro groups is 1. The largest absolute Gasteiger partial charge is 0.270 e. The number of nitro benzene ring substituents is 1. The summed E-state index contributed by atoms with van der Waals surface area (Å²) in [5, 5.41) is 19.6. The average molecular weight is 243 g/mol. The highest BCUT2D eigenvalue weighted by Gasteiger charge is 2.15. The van der Waals surface area contributed by atoms with Crippen LogP contribution >= 0.6 is 0 Å². The van der Waals surface area contributed by atoms with E-state index in [-0.39, 0.29) is 22.5 Å². The van der Waals surface area contributed by atoms with Gasteiger partial charge in [0.25, 0.3) is 5.69 Å². The number of aromatic nitrogens is 1. The van der Waals surface area contributed by atoms with Gasteiger partial charge in [-0.1, -0.05) is 0 Å². The van der Waals surface area contributed by atoms with Gasteiger partial charge < -0.3 is 0 Å². The molecule has 0 unspecified atom stereocenters. The van der Waals surface area contributed by atoms with Crippen LogP contribution in [0.1, 0.15) is 5.56 Å². The van der Waals surface area contributed by atoms with Gasteiger partial charge >= 0.3 is 0 Å². The van der Waals surface area contributed by atoms with Gasteiger partial charge in [-0.2, -0.15) is 5.26 Å². The molecule has 0 N–H and O–H groups in total. The molecule has 0 aliphatic carbocycles. The topological polar surface area (TPSA) is 79.8 Å². The van der Waals surface area contributed by atoms with Crippen LogP contribution in [0.5, 0.6) is 0 Å². The van der Waals surface area contributed by atoms with Gasteiger partial charge in [0, 0.05) is 23.9 Å². The Hall–Kier alpha value is -2.81. The Bertz CT molecular complexity index is 665. The molecule has 0 aliphatic heterocycles. The van der Waals surface area contributed by atoms with E-state index in [2.05, 4.69) is 4.98 Å². The minimum Gasteiger partial charge on any atom is -0.258 e. The normalized spacial score (nSPS) is 9.78. The highest BCUT2D eigenvalue weighted by atomic mass is 19.1. The third-order valence-electron chi connectivity index (χ3n) is 2.34. The fourth-order valence-electron chi connectivity index (χ4n) is 1.52. The van der Waals surface area contributed by atoms with Crippen molar-refractivity contribution in [3.05, 3.63) is 58.0 Å². The quantitative estimate of drug-likeness (QED) is 0.599. The molecule has 6 heteroatoms. The lowest BCUT2D eigenvalue weighted by Gasteiger charge is -2.04. The van der Waals surface area contributed by atoms with Crippen molar-refractivity contribution in [1.29, 1.82) is 5.26 Å². The predicted molar refractivity (Wildman–Crippen MR) is 61.0 cm³/mol. The third-order valence-corrected chi connectivity index (χ3v) is 2.34. The first-order valence-corrected chi connectivity index (χ1v) is 4.93. The number of pyridine rings is 1. The van der Waals surface area contributed by atoms with Crippen molar-refractivity contribution in [1.82, 2.24) is 4.98 Å². The number of non-ortho nitro benzene ring substituents is 1. The van der Waals surface area contributed by atoms with Crippen LogP contribution in [0.2, 0.25) is 0 Å². The van der Waals surface area contributed by atoms with Crippen LogP contribution in [0, 0.1) is 27.3 Å². The summed E-state index contributed by atoms with van der Waals surface area (Å²) in [5.74, 6) is -0.657. The summed E-state index contributed by atoms with van der Waals surface area (Å²) in [6.45, 7) is 0. The van der Waals surface area contributed by atoms with Crippen molar-refractivity contribution in [3.8, 4) is 17.3 Å². The molecule has 1 aromatic heterocycles. The number of benzene rings is 1. The highest BCUT2D eigenvalue weighted by Crippen LogP contribution is 2.27. The van der Waals surface area contributed by atoms with E-state index in [4.69, 9.17) is 5.26 Å². The Balaban J connectivity index is 2.67. The van der Waals surface area contributed by atoms with Gasteiger partial charge in [-0.25, -0.2) is 4.39 Å². The van der Waals surface area contributed by atoms with Crippen molar-refractivity contribution < 1.29 is 9.31 Å². The van der Waals surface area contributed by atoms with E-state index < -0.39 is 10.7 Å². The standard InChI is InChI=1S/C12H6FN3O2/c13-11-4-3-9(16(17)18)6-10(11)12-8(7-14)2-1-5-15-12/h1-6H. The molecular weight excluding hydrogens is 237 g/mol.